The molecule has 56 valence electrons. The van der Waals surface area contributed by atoms with Crippen molar-refractivity contribution in [2.75, 3.05) is 13.7 Å². The normalized spacial score (nSPS) is 18.2. The molecule has 0 spiro atoms. The highest BCUT2D eigenvalue weighted by Gasteiger charge is 2.00. The number of rotatable bonds is 2. The zero-order valence-electron chi connectivity index (χ0n) is 6.68. The monoisotopic (exact) mass is 138 g/mol. The Labute approximate surface area is 62.4 Å². The first-order chi connectivity index (χ1) is 4.83. The summed E-state index contributed by atoms with van der Waals surface area (Å²) in [5, 5.41) is 0. The van der Waals surface area contributed by atoms with Gasteiger partial charge < -0.3 is 4.74 Å². The molecule has 0 saturated carbocycles. The maximum atomic E-state index is 5.02. The molecule has 0 fully saturated rings. The third-order valence-electron chi connectivity index (χ3n) is 1.76. The molecule has 0 aliphatic heterocycles. The van der Waals surface area contributed by atoms with Gasteiger partial charge in [-0.15, -0.1) is 0 Å². The molecule has 0 aromatic carbocycles. The van der Waals surface area contributed by atoms with E-state index in [4.69, 9.17) is 4.74 Å². The highest BCUT2D eigenvalue weighted by molar-refractivity contribution is 5.20. The van der Waals surface area contributed by atoms with Gasteiger partial charge >= 0.3 is 0 Å². The van der Waals surface area contributed by atoms with Crippen LogP contribution in [0.3, 0.4) is 0 Å². The first kappa shape index (κ1) is 7.55. The summed E-state index contributed by atoms with van der Waals surface area (Å²) in [5.41, 5.74) is 2.88. The Morgan fingerprint density at radius 3 is 2.70 bits per heavy atom. The molecule has 0 amide bonds. The lowest BCUT2D eigenvalue weighted by Gasteiger charge is -2.09. The van der Waals surface area contributed by atoms with Crippen LogP contribution in [0.4, 0.5) is 0 Å². The fourth-order valence-electron chi connectivity index (χ4n) is 1.08. The van der Waals surface area contributed by atoms with Crippen LogP contribution >= 0.6 is 0 Å². The summed E-state index contributed by atoms with van der Waals surface area (Å²) in [5.74, 6) is 0. The van der Waals surface area contributed by atoms with Crippen molar-refractivity contribution >= 4 is 0 Å². The predicted octanol–water partition coefficient (Wildman–Crippen LogP) is 2.30. The number of methoxy groups -OCH3 is 1. The quantitative estimate of drug-likeness (QED) is 0.532. The predicted molar refractivity (Wildman–Crippen MR) is 43.0 cm³/mol. The van der Waals surface area contributed by atoms with E-state index in [1.54, 1.807) is 7.11 Å². The van der Waals surface area contributed by atoms with Crippen molar-refractivity contribution in [1.82, 2.24) is 0 Å². The lowest BCUT2D eigenvalue weighted by atomic mass is 10.0. The van der Waals surface area contributed by atoms with Crippen LogP contribution in [0.15, 0.2) is 23.3 Å². The van der Waals surface area contributed by atoms with E-state index >= 15 is 0 Å². The van der Waals surface area contributed by atoms with E-state index in [0.29, 0.717) is 0 Å². The number of allylic oxidation sites excluding steroid dienone is 3. The van der Waals surface area contributed by atoms with Crippen LogP contribution in [0.5, 0.6) is 0 Å². The standard InChI is InChI=1S/C9H14O/c1-8-3-5-9(6-4-8)7-10-2/h3,6H,4-5,7H2,1-2H3. The van der Waals surface area contributed by atoms with Gasteiger partial charge in [-0.25, -0.2) is 0 Å². The minimum atomic E-state index is 0.795. The van der Waals surface area contributed by atoms with Gasteiger partial charge in [0.1, 0.15) is 0 Å². The van der Waals surface area contributed by atoms with Gasteiger partial charge in [0.25, 0.3) is 0 Å². The maximum absolute atomic E-state index is 5.02. The lowest BCUT2D eigenvalue weighted by Crippen LogP contribution is -1.97. The van der Waals surface area contributed by atoms with Crippen molar-refractivity contribution in [1.29, 1.82) is 0 Å². The van der Waals surface area contributed by atoms with E-state index < -0.39 is 0 Å². The van der Waals surface area contributed by atoms with Gasteiger partial charge in [-0.05, 0) is 25.3 Å². The van der Waals surface area contributed by atoms with Gasteiger partial charge in [0.2, 0.25) is 0 Å². The Balaban J connectivity index is 2.38. The van der Waals surface area contributed by atoms with Crippen molar-refractivity contribution in [3.8, 4) is 0 Å². The molecule has 0 heterocycles. The molecule has 0 aromatic rings. The average molecular weight is 138 g/mol. The molecule has 10 heavy (non-hydrogen) atoms. The largest absolute Gasteiger partial charge is 0.380 e. The first-order valence-electron chi connectivity index (χ1n) is 3.65. The lowest BCUT2D eigenvalue weighted by molar-refractivity contribution is 0.224. The second kappa shape index (κ2) is 3.57. The molecule has 0 atom stereocenters. The highest BCUT2D eigenvalue weighted by atomic mass is 16.5. The Kier molecular flexibility index (Phi) is 2.69. The van der Waals surface area contributed by atoms with Gasteiger partial charge in [0.15, 0.2) is 0 Å². The number of hydrogen-bond donors (Lipinski definition) is 0. The zero-order chi connectivity index (χ0) is 7.40. The van der Waals surface area contributed by atoms with Crippen LogP contribution in [0.2, 0.25) is 0 Å². The summed E-state index contributed by atoms with van der Waals surface area (Å²) in [7, 11) is 1.74. The van der Waals surface area contributed by atoms with Gasteiger partial charge in [-0.2, -0.15) is 0 Å². The van der Waals surface area contributed by atoms with Crippen molar-refractivity contribution in [3.63, 3.8) is 0 Å². The van der Waals surface area contributed by atoms with Crippen molar-refractivity contribution in [2.24, 2.45) is 0 Å². The summed E-state index contributed by atoms with van der Waals surface area (Å²) < 4.78 is 5.02. The minimum Gasteiger partial charge on any atom is -0.380 e. The molecule has 0 N–H and O–H groups in total. The van der Waals surface area contributed by atoms with Crippen LogP contribution in [0, 0.1) is 0 Å². The van der Waals surface area contributed by atoms with E-state index in [1.807, 2.05) is 0 Å². The zero-order valence-corrected chi connectivity index (χ0v) is 6.68. The van der Waals surface area contributed by atoms with Gasteiger partial charge in [-0.1, -0.05) is 17.7 Å². The van der Waals surface area contributed by atoms with Crippen molar-refractivity contribution in [2.45, 2.75) is 19.8 Å². The number of hydrogen-bond acceptors (Lipinski definition) is 1. The Hall–Kier alpha value is -0.560. The van der Waals surface area contributed by atoms with Crippen molar-refractivity contribution < 1.29 is 4.74 Å². The second-order valence-corrected chi connectivity index (χ2v) is 2.75. The van der Waals surface area contributed by atoms with E-state index in [-0.39, 0.29) is 0 Å². The number of ether oxygens (including phenoxy) is 1. The molecule has 1 aliphatic carbocycles. The fourth-order valence-corrected chi connectivity index (χ4v) is 1.08. The molecule has 0 radical (unpaired) electrons. The van der Waals surface area contributed by atoms with Gasteiger partial charge in [0.05, 0.1) is 6.61 Å². The smallest absolute Gasteiger partial charge is 0.0676 e. The van der Waals surface area contributed by atoms with Gasteiger partial charge in [0, 0.05) is 7.11 Å². The summed E-state index contributed by atoms with van der Waals surface area (Å²) >= 11 is 0. The van der Waals surface area contributed by atoms with Crippen LogP contribution in [-0.2, 0) is 4.74 Å². The second-order valence-electron chi connectivity index (χ2n) is 2.75. The fraction of sp³-hybridized carbons (Fsp3) is 0.556. The third kappa shape index (κ3) is 1.99. The Morgan fingerprint density at radius 2 is 2.20 bits per heavy atom. The van der Waals surface area contributed by atoms with E-state index in [1.165, 1.54) is 11.1 Å². The van der Waals surface area contributed by atoms with Crippen LogP contribution in [-0.4, -0.2) is 13.7 Å². The topological polar surface area (TPSA) is 9.23 Å². The average Bonchev–Trinajstić information content (AvgIpc) is 1.95. The van der Waals surface area contributed by atoms with Crippen LogP contribution in [0.25, 0.3) is 0 Å². The van der Waals surface area contributed by atoms with Crippen LogP contribution in [0.1, 0.15) is 19.8 Å². The van der Waals surface area contributed by atoms with E-state index in [9.17, 15) is 0 Å². The molecule has 1 heteroatoms. The molecule has 1 aliphatic rings. The molecule has 1 nitrogen and oxygen atoms in total. The summed E-state index contributed by atoms with van der Waals surface area (Å²) in [6.45, 7) is 2.96. The van der Waals surface area contributed by atoms with Crippen molar-refractivity contribution in [3.05, 3.63) is 23.3 Å². The molecule has 1 rings (SSSR count). The van der Waals surface area contributed by atoms with Crippen LogP contribution < -0.4 is 0 Å². The third-order valence-corrected chi connectivity index (χ3v) is 1.76. The Morgan fingerprint density at radius 1 is 1.40 bits per heavy atom. The molecule has 0 bridgehead atoms. The molecular formula is C9H14O. The Bertz CT molecular complexity index is 166. The molecule has 0 aromatic heterocycles. The highest BCUT2D eigenvalue weighted by Crippen LogP contribution is 2.16. The first-order valence-corrected chi connectivity index (χ1v) is 3.65. The maximum Gasteiger partial charge on any atom is 0.0676 e. The summed E-state index contributed by atoms with van der Waals surface area (Å²) in [6, 6.07) is 0. The van der Waals surface area contributed by atoms with Gasteiger partial charge in [-0.3, -0.25) is 0 Å². The van der Waals surface area contributed by atoms with E-state index in [2.05, 4.69) is 19.1 Å². The minimum absolute atomic E-state index is 0.795. The SMILES string of the molecule is COCC1=CCC(C)=CC1. The molecule has 0 saturated heterocycles. The van der Waals surface area contributed by atoms with E-state index in [0.717, 1.165) is 19.4 Å². The summed E-state index contributed by atoms with van der Waals surface area (Å²) in [4.78, 5) is 0. The molecular weight excluding hydrogens is 124 g/mol. The summed E-state index contributed by atoms with van der Waals surface area (Å²) in [6.07, 6.45) is 6.73. The molecule has 0 unspecified atom stereocenters.